The Kier molecular flexibility index (Phi) is 7.72. The second kappa shape index (κ2) is 12.0. The van der Waals surface area contributed by atoms with E-state index in [2.05, 4.69) is 28.3 Å². The van der Waals surface area contributed by atoms with Gasteiger partial charge in [-0.3, -0.25) is 9.89 Å². The number of nitrogens with zero attached hydrogens (tertiary/aromatic N) is 5. The molecule has 0 radical (unpaired) electrons. The Morgan fingerprint density at radius 1 is 1.02 bits per heavy atom. The van der Waals surface area contributed by atoms with Crippen LogP contribution < -0.4 is 15.0 Å². The van der Waals surface area contributed by atoms with Crippen LogP contribution >= 0.6 is 11.6 Å². The number of fused-ring (bicyclic) bond motifs is 6. The molecule has 49 heavy (non-hydrogen) atoms. The van der Waals surface area contributed by atoms with Gasteiger partial charge in [-0.2, -0.15) is 9.97 Å². The molecule has 4 saturated heterocycles. The van der Waals surface area contributed by atoms with Gasteiger partial charge in [0.15, 0.2) is 5.82 Å². The fourth-order valence-corrected chi connectivity index (χ4v) is 9.51. The Bertz CT molecular complexity index is 1950. The molecule has 11 heteroatoms. The van der Waals surface area contributed by atoms with E-state index < -0.39 is 5.82 Å². The van der Waals surface area contributed by atoms with Gasteiger partial charge in [-0.05, 0) is 73.1 Å². The first-order chi connectivity index (χ1) is 23.8. The normalized spacial score (nSPS) is 30.7. The fraction of sp³-hybridized carbons (Fsp3) is 0.500. The number of hydrogen-bond donors (Lipinski definition) is 2. The number of rotatable bonds is 8. The molecule has 5 aliphatic heterocycles. The lowest BCUT2D eigenvalue weighted by Crippen LogP contribution is -2.56. The zero-order chi connectivity index (χ0) is 33.4. The molecule has 1 aromatic heterocycles. The van der Waals surface area contributed by atoms with E-state index in [1.54, 1.807) is 18.2 Å². The number of benzene rings is 3. The van der Waals surface area contributed by atoms with Crippen LogP contribution in [-0.2, 0) is 4.74 Å². The van der Waals surface area contributed by atoms with Gasteiger partial charge in [-0.1, -0.05) is 42.8 Å². The molecule has 4 aromatic rings. The van der Waals surface area contributed by atoms with Crippen molar-refractivity contribution in [3.05, 3.63) is 53.3 Å². The monoisotopic (exact) mass is 684 g/mol. The SMILES string of the molecule is CO[C@@H]1C[C@H]2CC[C@@H](C1)N2C[C@@]1(C)C=NC1COc1nc(N2CC3CCC(C2)N3)c2cc(Cl)c(-c3cc(O)cc4ccccc34)c(F)c2n1. The number of aromatic nitrogens is 2. The van der Waals surface area contributed by atoms with Crippen LogP contribution in [0.15, 0.2) is 47.5 Å². The Morgan fingerprint density at radius 3 is 2.49 bits per heavy atom. The van der Waals surface area contributed by atoms with Gasteiger partial charge in [0.1, 0.15) is 23.7 Å². The first kappa shape index (κ1) is 31.4. The van der Waals surface area contributed by atoms with E-state index in [1.165, 1.54) is 12.8 Å². The molecule has 0 saturated carbocycles. The highest BCUT2D eigenvalue weighted by Gasteiger charge is 2.48. The van der Waals surface area contributed by atoms with Crippen LogP contribution in [0.3, 0.4) is 0 Å². The van der Waals surface area contributed by atoms with Gasteiger partial charge in [-0.25, -0.2) is 4.39 Å². The van der Waals surface area contributed by atoms with Crippen LogP contribution in [0.4, 0.5) is 10.2 Å². The minimum absolute atomic E-state index is 0.0353. The summed E-state index contributed by atoms with van der Waals surface area (Å²) in [6.45, 7) is 5.00. The lowest BCUT2D eigenvalue weighted by atomic mass is 9.77. The van der Waals surface area contributed by atoms with Gasteiger partial charge >= 0.3 is 6.01 Å². The third kappa shape index (κ3) is 5.42. The van der Waals surface area contributed by atoms with E-state index in [9.17, 15) is 5.11 Å². The first-order valence-electron chi connectivity index (χ1n) is 17.6. The van der Waals surface area contributed by atoms with Crippen molar-refractivity contribution in [2.75, 3.05) is 38.3 Å². The molecule has 9 nitrogen and oxygen atoms in total. The second-order valence-corrected chi connectivity index (χ2v) is 15.4. The fourth-order valence-electron chi connectivity index (χ4n) is 9.22. The third-order valence-corrected chi connectivity index (χ3v) is 12.2. The number of hydrogen-bond acceptors (Lipinski definition) is 9. The molecule has 6 heterocycles. The molecule has 0 amide bonds. The molecule has 3 unspecified atom stereocenters. The molecule has 4 fully saturated rings. The Balaban J connectivity index is 1.06. The number of piperazine rings is 1. The van der Waals surface area contributed by atoms with Gasteiger partial charge in [0.25, 0.3) is 0 Å². The number of ether oxygens (including phenoxy) is 2. The van der Waals surface area contributed by atoms with Gasteiger partial charge in [0.2, 0.25) is 0 Å². The smallest absolute Gasteiger partial charge is 0.319 e. The highest BCUT2D eigenvalue weighted by molar-refractivity contribution is 6.35. The summed E-state index contributed by atoms with van der Waals surface area (Å²) in [7, 11) is 1.83. The van der Waals surface area contributed by atoms with Gasteiger partial charge in [0.05, 0.1) is 17.2 Å². The third-order valence-electron chi connectivity index (χ3n) is 11.9. The summed E-state index contributed by atoms with van der Waals surface area (Å²) in [5.41, 5.74) is 0.710. The summed E-state index contributed by atoms with van der Waals surface area (Å²) in [5.74, 6) is 0.100. The van der Waals surface area contributed by atoms with Crippen LogP contribution in [0.2, 0.25) is 5.02 Å². The van der Waals surface area contributed by atoms with E-state index in [0.29, 0.717) is 53.6 Å². The lowest BCUT2D eigenvalue weighted by Gasteiger charge is -2.46. The van der Waals surface area contributed by atoms with Crippen molar-refractivity contribution < 1.29 is 19.0 Å². The summed E-state index contributed by atoms with van der Waals surface area (Å²) in [6.07, 6.45) is 9.22. The van der Waals surface area contributed by atoms with Crippen molar-refractivity contribution in [3.63, 3.8) is 0 Å². The zero-order valence-electron chi connectivity index (χ0n) is 27.9. The predicted octanol–water partition coefficient (Wildman–Crippen LogP) is 6.37. The van der Waals surface area contributed by atoms with Crippen LogP contribution in [0, 0.1) is 11.2 Å². The number of phenols is 1. The molecular weight excluding hydrogens is 643 g/mol. The van der Waals surface area contributed by atoms with E-state index in [1.807, 2.05) is 31.4 Å². The standard InChI is InChI=1S/C38H42ClFN6O3/c1-38(20-46-24-9-10-25(46)13-27(12-24)48-2)19-41-32(38)18-49-37-43-35-30(36(44-37)45-16-22-7-8-23(17-45)42-22)15-31(39)33(34(35)40)29-14-26(47)11-21-5-3-4-6-28(21)29/h3-6,11,14-15,19,22-25,27,32,42,47H,7-10,12-13,16-18,20H2,1-2H3/t22?,23?,24-,25+,27-,32?,38-/m1/s1. The largest absolute Gasteiger partial charge is 0.508 e. The summed E-state index contributed by atoms with van der Waals surface area (Å²) < 4.78 is 29.1. The molecular formula is C38H42ClFN6O3. The quantitative estimate of drug-likeness (QED) is 0.221. The van der Waals surface area contributed by atoms with E-state index in [-0.39, 0.29) is 39.3 Å². The van der Waals surface area contributed by atoms with Crippen molar-refractivity contribution >= 4 is 45.3 Å². The number of halogens is 2. The highest BCUT2D eigenvalue weighted by atomic mass is 35.5. The topological polar surface area (TPSA) is 95.3 Å². The molecule has 4 bridgehead atoms. The number of methoxy groups -OCH3 is 1. The molecule has 3 aromatic carbocycles. The van der Waals surface area contributed by atoms with Gasteiger partial charge in [-0.15, -0.1) is 0 Å². The van der Waals surface area contributed by atoms with Crippen LogP contribution in [0.25, 0.3) is 32.8 Å². The van der Waals surface area contributed by atoms with E-state index in [0.717, 1.165) is 56.1 Å². The minimum Gasteiger partial charge on any atom is -0.508 e. The second-order valence-electron chi connectivity index (χ2n) is 15.0. The average molecular weight is 685 g/mol. The maximum absolute atomic E-state index is 17.0. The van der Waals surface area contributed by atoms with Gasteiger partial charge in [0, 0.05) is 73.5 Å². The van der Waals surface area contributed by atoms with Crippen LogP contribution in [0.5, 0.6) is 11.8 Å². The highest BCUT2D eigenvalue weighted by Crippen LogP contribution is 2.44. The molecule has 9 rings (SSSR count). The number of phenolic OH excluding ortho intramolecular Hbond substituents is 1. The number of nitrogens with one attached hydrogen (secondary N) is 1. The number of piperidine rings is 1. The average Bonchev–Trinajstić information content (AvgIpc) is 3.53. The van der Waals surface area contributed by atoms with Crippen LogP contribution in [-0.4, -0.2) is 95.9 Å². The lowest BCUT2D eigenvalue weighted by molar-refractivity contribution is -0.00805. The van der Waals surface area contributed by atoms with Crippen LogP contribution in [0.1, 0.15) is 45.4 Å². The summed E-state index contributed by atoms with van der Waals surface area (Å²) in [4.78, 5) is 19.3. The van der Waals surface area contributed by atoms with E-state index in [4.69, 9.17) is 36.0 Å². The van der Waals surface area contributed by atoms with Crippen molar-refractivity contribution in [1.82, 2.24) is 20.2 Å². The zero-order valence-corrected chi connectivity index (χ0v) is 28.7. The van der Waals surface area contributed by atoms with Crippen molar-refractivity contribution in [2.24, 2.45) is 10.4 Å². The molecule has 0 spiro atoms. The minimum atomic E-state index is -0.564. The number of aliphatic imine (C=N–C) groups is 1. The van der Waals surface area contributed by atoms with Gasteiger partial charge < -0.3 is 24.8 Å². The number of aromatic hydroxyl groups is 1. The first-order valence-corrected chi connectivity index (χ1v) is 18.0. The Hall–Kier alpha value is -3.57. The summed E-state index contributed by atoms with van der Waals surface area (Å²) >= 11 is 6.93. The summed E-state index contributed by atoms with van der Waals surface area (Å²) in [6, 6.07) is 14.4. The molecule has 5 aliphatic rings. The molecule has 7 atom stereocenters. The summed E-state index contributed by atoms with van der Waals surface area (Å²) in [5, 5.41) is 16.6. The Morgan fingerprint density at radius 2 is 1.78 bits per heavy atom. The van der Waals surface area contributed by atoms with Crippen molar-refractivity contribution in [3.8, 4) is 22.9 Å². The van der Waals surface area contributed by atoms with E-state index >= 15 is 4.39 Å². The Labute approximate surface area is 290 Å². The molecule has 0 aliphatic carbocycles. The maximum Gasteiger partial charge on any atom is 0.319 e. The predicted molar refractivity (Wildman–Crippen MR) is 191 cm³/mol. The molecule has 256 valence electrons. The maximum atomic E-state index is 17.0. The number of anilines is 1. The molecule has 2 N–H and O–H groups in total. The van der Waals surface area contributed by atoms with Crippen molar-refractivity contribution in [1.29, 1.82) is 0 Å². The van der Waals surface area contributed by atoms with Crippen molar-refractivity contribution in [2.45, 2.75) is 81.8 Å².